The summed E-state index contributed by atoms with van der Waals surface area (Å²) >= 11 is 1.41. The highest BCUT2D eigenvalue weighted by Gasteiger charge is 2.60. The first-order valence-electron chi connectivity index (χ1n) is 11.5. The van der Waals surface area contributed by atoms with E-state index in [9.17, 15) is 14.7 Å². The maximum absolute atomic E-state index is 14.1. The number of amides is 1. The first-order chi connectivity index (χ1) is 16.0. The molecule has 0 unspecified atom stereocenters. The van der Waals surface area contributed by atoms with Crippen LogP contribution in [0.5, 0.6) is 0 Å². The van der Waals surface area contributed by atoms with Gasteiger partial charge in [0.25, 0.3) is 5.91 Å². The van der Waals surface area contributed by atoms with E-state index < -0.39 is 17.6 Å². The number of carbonyl (C=O) groups is 2. The molecule has 0 bridgehead atoms. The van der Waals surface area contributed by atoms with Crippen LogP contribution in [0.25, 0.3) is 0 Å². The molecule has 1 saturated heterocycles. The first-order valence-corrected chi connectivity index (χ1v) is 12.4. The Morgan fingerprint density at radius 2 is 1.91 bits per heavy atom. The van der Waals surface area contributed by atoms with Gasteiger partial charge in [0.2, 0.25) is 0 Å². The Morgan fingerprint density at radius 3 is 2.41 bits per heavy atom. The topological polar surface area (TPSA) is 96.5 Å². The largest absolute Gasteiger partial charge is 0.479 e. The Labute approximate surface area is 203 Å². The van der Waals surface area contributed by atoms with Gasteiger partial charge in [0.05, 0.1) is 12.2 Å². The standard InChI is InChI=1S/C26H31N3O4S/c1-16(2)14-26(24(31)32)15-19(20-10-11-28-33-20)21(22-27-12-13-34-22)29(26)23(30)17-6-8-18(9-7-17)25(3,4)5/h6-13,16,19,21H,14-15H2,1-5H3,(H,31,32)/t19-,21+,26-/m0/s1. The minimum atomic E-state index is -1.40. The van der Waals surface area contributed by atoms with E-state index in [1.807, 2.05) is 31.4 Å². The molecular formula is C26H31N3O4S. The Hall–Kier alpha value is -3.00. The third kappa shape index (κ3) is 4.27. The number of benzene rings is 1. The van der Waals surface area contributed by atoms with Crippen molar-refractivity contribution in [2.45, 2.75) is 70.4 Å². The van der Waals surface area contributed by atoms with Gasteiger partial charge in [-0.3, -0.25) is 4.79 Å². The summed E-state index contributed by atoms with van der Waals surface area (Å²) < 4.78 is 5.51. The lowest BCUT2D eigenvalue weighted by molar-refractivity contribution is -0.150. The lowest BCUT2D eigenvalue weighted by Gasteiger charge is -2.38. The molecule has 1 fully saturated rings. The molecule has 1 aliphatic heterocycles. The molecule has 1 aromatic carbocycles. The molecule has 0 spiro atoms. The second-order valence-electron chi connectivity index (χ2n) is 10.5. The fraction of sp³-hybridized carbons (Fsp3) is 0.462. The van der Waals surface area contributed by atoms with E-state index in [0.717, 1.165) is 5.56 Å². The maximum atomic E-state index is 14.1. The number of hydrogen-bond acceptors (Lipinski definition) is 6. The number of likely N-dealkylation sites (tertiary alicyclic amines) is 1. The van der Waals surface area contributed by atoms with Gasteiger partial charge < -0.3 is 14.5 Å². The summed E-state index contributed by atoms with van der Waals surface area (Å²) in [5.74, 6) is -1.08. The minimum Gasteiger partial charge on any atom is -0.479 e. The van der Waals surface area contributed by atoms with Crippen molar-refractivity contribution in [2.75, 3.05) is 0 Å². The summed E-state index contributed by atoms with van der Waals surface area (Å²) in [5, 5.41) is 17.0. The molecule has 8 heteroatoms. The average Bonchev–Trinajstić information content (AvgIpc) is 3.52. The summed E-state index contributed by atoms with van der Waals surface area (Å²) in [6.07, 6.45) is 3.78. The number of thiazole rings is 1. The third-order valence-corrected chi connectivity index (χ3v) is 7.41. The molecule has 34 heavy (non-hydrogen) atoms. The number of aromatic nitrogens is 2. The Bertz CT molecular complexity index is 1130. The maximum Gasteiger partial charge on any atom is 0.329 e. The molecule has 1 aliphatic rings. The van der Waals surface area contributed by atoms with Crippen molar-refractivity contribution < 1.29 is 19.2 Å². The number of aliphatic carboxylic acids is 1. The molecular weight excluding hydrogens is 450 g/mol. The molecule has 1 N–H and O–H groups in total. The van der Waals surface area contributed by atoms with E-state index in [-0.39, 0.29) is 29.6 Å². The highest BCUT2D eigenvalue weighted by molar-refractivity contribution is 7.09. The van der Waals surface area contributed by atoms with Gasteiger partial charge in [0.15, 0.2) is 0 Å². The highest BCUT2D eigenvalue weighted by Crippen LogP contribution is 2.54. The van der Waals surface area contributed by atoms with Gasteiger partial charge in [-0.15, -0.1) is 11.3 Å². The number of nitrogens with zero attached hydrogens (tertiary/aromatic N) is 3. The Balaban J connectivity index is 1.88. The molecule has 7 nitrogen and oxygen atoms in total. The van der Waals surface area contributed by atoms with Crippen LogP contribution in [-0.2, 0) is 10.2 Å². The quantitative estimate of drug-likeness (QED) is 0.487. The monoisotopic (exact) mass is 481 g/mol. The highest BCUT2D eigenvalue weighted by atomic mass is 32.1. The van der Waals surface area contributed by atoms with Gasteiger partial charge in [0, 0.05) is 29.1 Å². The van der Waals surface area contributed by atoms with Crippen LogP contribution in [0.3, 0.4) is 0 Å². The van der Waals surface area contributed by atoms with Crippen molar-refractivity contribution in [2.24, 2.45) is 5.92 Å². The normalized spacial score (nSPS) is 22.9. The summed E-state index contributed by atoms with van der Waals surface area (Å²) in [6.45, 7) is 10.3. The average molecular weight is 482 g/mol. The van der Waals surface area contributed by atoms with Crippen LogP contribution < -0.4 is 0 Å². The van der Waals surface area contributed by atoms with Crippen molar-refractivity contribution >= 4 is 23.2 Å². The van der Waals surface area contributed by atoms with E-state index in [4.69, 9.17) is 4.52 Å². The number of carbonyl (C=O) groups excluding carboxylic acids is 1. The first kappa shape index (κ1) is 24.1. The molecule has 0 aliphatic carbocycles. The summed E-state index contributed by atoms with van der Waals surface area (Å²) in [7, 11) is 0. The van der Waals surface area contributed by atoms with Crippen molar-refractivity contribution in [3.63, 3.8) is 0 Å². The van der Waals surface area contributed by atoms with Crippen molar-refractivity contribution in [3.8, 4) is 0 Å². The molecule has 180 valence electrons. The van der Waals surface area contributed by atoms with Gasteiger partial charge in [-0.1, -0.05) is 51.9 Å². The van der Waals surface area contributed by atoms with Crippen molar-refractivity contribution in [1.29, 1.82) is 0 Å². The van der Waals surface area contributed by atoms with Crippen LogP contribution >= 0.6 is 11.3 Å². The van der Waals surface area contributed by atoms with Crippen LogP contribution in [-0.4, -0.2) is 37.6 Å². The van der Waals surface area contributed by atoms with E-state index >= 15 is 0 Å². The van der Waals surface area contributed by atoms with E-state index in [1.54, 1.807) is 35.5 Å². The van der Waals surface area contributed by atoms with Crippen molar-refractivity contribution in [1.82, 2.24) is 15.0 Å². The Morgan fingerprint density at radius 1 is 1.21 bits per heavy atom. The lowest BCUT2D eigenvalue weighted by atomic mass is 9.83. The molecule has 4 rings (SSSR count). The molecule has 3 heterocycles. The molecule has 1 amide bonds. The summed E-state index contributed by atoms with van der Waals surface area (Å²) in [4.78, 5) is 33.2. The Kier molecular flexibility index (Phi) is 6.38. The van der Waals surface area contributed by atoms with Gasteiger partial charge in [0.1, 0.15) is 16.3 Å². The van der Waals surface area contributed by atoms with Crippen LogP contribution in [0.2, 0.25) is 0 Å². The minimum absolute atomic E-state index is 0.0556. The number of rotatable bonds is 6. The number of carboxylic acids is 1. The molecule has 2 aromatic heterocycles. The van der Waals surface area contributed by atoms with Crippen LogP contribution in [0.15, 0.2) is 52.6 Å². The smallest absolute Gasteiger partial charge is 0.329 e. The van der Waals surface area contributed by atoms with Crippen LogP contribution in [0.1, 0.15) is 86.1 Å². The van der Waals surface area contributed by atoms with Gasteiger partial charge in [-0.05, 0) is 41.9 Å². The molecule has 3 aromatic rings. The fourth-order valence-corrected chi connectivity index (χ4v) is 5.86. The zero-order valence-corrected chi connectivity index (χ0v) is 21.0. The predicted octanol–water partition coefficient (Wildman–Crippen LogP) is 5.67. The van der Waals surface area contributed by atoms with Crippen molar-refractivity contribution in [3.05, 3.63) is 70.0 Å². The second kappa shape index (κ2) is 8.98. The van der Waals surface area contributed by atoms with Crippen LogP contribution in [0, 0.1) is 5.92 Å². The molecule has 0 radical (unpaired) electrons. The lowest BCUT2D eigenvalue weighted by Crippen LogP contribution is -2.54. The predicted molar refractivity (Wildman–Crippen MR) is 130 cm³/mol. The molecule has 0 saturated carbocycles. The molecule has 3 atom stereocenters. The fourth-order valence-electron chi connectivity index (χ4n) is 5.06. The second-order valence-corrected chi connectivity index (χ2v) is 11.4. The van der Waals surface area contributed by atoms with Gasteiger partial charge >= 0.3 is 5.97 Å². The van der Waals surface area contributed by atoms with Gasteiger partial charge in [-0.25, -0.2) is 9.78 Å². The zero-order valence-electron chi connectivity index (χ0n) is 20.2. The summed E-state index contributed by atoms with van der Waals surface area (Å²) in [6, 6.07) is 8.66. The van der Waals surface area contributed by atoms with E-state index in [0.29, 0.717) is 22.8 Å². The van der Waals surface area contributed by atoms with E-state index in [2.05, 4.69) is 30.9 Å². The van der Waals surface area contributed by atoms with E-state index in [1.165, 1.54) is 11.3 Å². The SMILES string of the molecule is CC(C)C[C@@]1(C(=O)O)C[C@@H](c2ccno2)[C@H](c2nccs2)N1C(=O)c1ccc(C(C)(C)C)cc1. The zero-order chi connectivity index (χ0) is 24.7. The third-order valence-electron chi connectivity index (χ3n) is 6.57. The van der Waals surface area contributed by atoms with Gasteiger partial charge in [-0.2, -0.15) is 0 Å². The van der Waals surface area contributed by atoms with Crippen LogP contribution in [0.4, 0.5) is 0 Å². The number of hydrogen-bond donors (Lipinski definition) is 1. The summed E-state index contributed by atoms with van der Waals surface area (Å²) in [5.41, 5.74) is 0.107. The number of carboxylic acid groups (broad SMARTS) is 1.